The van der Waals surface area contributed by atoms with E-state index in [9.17, 15) is 4.79 Å². The number of anilines is 1. The molecule has 1 aliphatic heterocycles. The maximum Gasteiger partial charge on any atom is 0.416 e. The molecule has 0 atom stereocenters. The third-order valence-electron chi connectivity index (χ3n) is 4.29. The molecule has 1 aliphatic rings. The molecule has 0 bridgehead atoms. The summed E-state index contributed by atoms with van der Waals surface area (Å²) in [6.45, 7) is 5.72. The molecule has 0 N–H and O–H groups in total. The number of hydrogen-bond acceptors (Lipinski definition) is 4. The van der Waals surface area contributed by atoms with E-state index in [2.05, 4.69) is 12.8 Å². The monoisotopic (exact) mass is 383 g/mol. The molecule has 0 saturated heterocycles. The van der Waals surface area contributed by atoms with Crippen LogP contribution in [0.15, 0.2) is 60.7 Å². The van der Waals surface area contributed by atoms with Crippen molar-refractivity contribution in [2.75, 3.05) is 11.4 Å². The van der Waals surface area contributed by atoms with Crippen LogP contribution in [0.2, 0.25) is 0 Å². The SMILES string of the molecule is CC(C)(C)OC(=O)N1C[C][C]c2nc(-c3ccccc3)c(-c3ccccc3)nc21. The van der Waals surface area contributed by atoms with Crippen LogP contribution in [0.25, 0.3) is 22.5 Å². The molecular formula is C24H21N3O2. The minimum atomic E-state index is -0.609. The highest BCUT2D eigenvalue weighted by molar-refractivity contribution is 5.90. The number of carbonyl (C=O) groups excluding carboxylic acids is 1. The van der Waals surface area contributed by atoms with Gasteiger partial charge in [-0.1, -0.05) is 60.7 Å². The molecule has 0 aliphatic carbocycles. The van der Waals surface area contributed by atoms with E-state index in [1.54, 1.807) is 0 Å². The minimum Gasteiger partial charge on any atom is -0.443 e. The quantitative estimate of drug-likeness (QED) is 0.619. The van der Waals surface area contributed by atoms with E-state index in [-0.39, 0.29) is 6.54 Å². The predicted molar refractivity (Wildman–Crippen MR) is 112 cm³/mol. The fraction of sp³-hybridized carbons (Fsp3) is 0.208. The molecule has 1 aromatic heterocycles. The third-order valence-corrected chi connectivity index (χ3v) is 4.29. The lowest BCUT2D eigenvalue weighted by Crippen LogP contribution is -2.40. The van der Waals surface area contributed by atoms with Gasteiger partial charge in [0, 0.05) is 24.1 Å². The molecule has 2 aromatic carbocycles. The van der Waals surface area contributed by atoms with Crippen molar-refractivity contribution in [3.05, 3.63) is 79.2 Å². The first-order chi connectivity index (χ1) is 13.9. The summed E-state index contributed by atoms with van der Waals surface area (Å²) in [7, 11) is 0. The average molecular weight is 383 g/mol. The lowest BCUT2D eigenvalue weighted by Gasteiger charge is -2.30. The molecule has 5 heteroatoms. The summed E-state index contributed by atoms with van der Waals surface area (Å²) in [6.07, 6.45) is 5.52. The van der Waals surface area contributed by atoms with E-state index in [0.29, 0.717) is 17.2 Å². The van der Waals surface area contributed by atoms with Crippen LogP contribution < -0.4 is 4.90 Å². The zero-order valence-electron chi connectivity index (χ0n) is 16.6. The van der Waals surface area contributed by atoms with Crippen molar-refractivity contribution in [3.63, 3.8) is 0 Å². The van der Waals surface area contributed by atoms with E-state index in [0.717, 1.165) is 16.8 Å². The molecule has 29 heavy (non-hydrogen) atoms. The van der Waals surface area contributed by atoms with E-state index in [4.69, 9.17) is 14.7 Å². The lowest BCUT2D eigenvalue weighted by atomic mass is 10.0. The van der Waals surface area contributed by atoms with E-state index in [1.807, 2.05) is 81.4 Å². The second-order valence-electron chi connectivity index (χ2n) is 7.69. The molecule has 4 radical (unpaired) electrons. The van der Waals surface area contributed by atoms with Gasteiger partial charge in [0.2, 0.25) is 0 Å². The highest BCUT2D eigenvalue weighted by Crippen LogP contribution is 2.35. The van der Waals surface area contributed by atoms with Crippen molar-refractivity contribution in [1.29, 1.82) is 0 Å². The number of benzene rings is 2. The molecule has 0 unspecified atom stereocenters. The Hall–Kier alpha value is -3.21. The highest BCUT2D eigenvalue weighted by Gasteiger charge is 2.31. The summed E-state index contributed by atoms with van der Waals surface area (Å²) in [6, 6.07) is 19.7. The standard InChI is InChI=1S/C24H21N3O2/c1-24(2,3)29-23(28)27-16-10-15-19-22(27)26-21(18-13-8-5-9-14-18)20(25-19)17-11-6-4-7-12-17/h4-9,11-14H,16H2,1-3H3. The Kier molecular flexibility index (Phi) is 5.05. The van der Waals surface area contributed by atoms with Gasteiger partial charge in [0.05, 0.1) is 23.5 Å². The van der Waals surface area contributed by atoms with Gasteiger partial charge in [-0.15, -0.1) is 0 Å². The first-order valence-corrected chi connectivity index (χ1v) is 9.45. The first kappa shape index (κ1) is 19.1. The summed E-state index contributed by atoms with van der Waals surface area (Å²) >= 11 is 0. The fourth-order valence-corrected chi connectivity index (χ4v) is 3.04. The van der Waals surface area contributed by atoms with Gasteiger partial charge in [-0.3, -0.25) is 4.90 Å². The van der Waals surface area contributed by atoms with Crippen LogP contribution in [0, 0.1) is 12.8 Å². The van der Waals surface area contributed by atoms with Crippen LogP contribution in [0.1, 0.15) is 26.5 Å². The number of rotatable bonds is 2. The highest BCUT2D eigenvalue weighted by atomic mass is 16.6. The van der Waals surface area contributed by atoms with Crippen LogP contribution in [0.4, 0.5) is 10.6 Å². The molecule has 0 fully saturated rings. The Morgan fingerprint density at radius 2 is 1.48 bits per heavy atom. The molecule has 0 spiro atoms. The molecule has 4 rings (SSSR count). The summed E-state index contributed by atoms with van der Waals surface area (Å²) < 4.78 is 5.55. The molecule has 5 nitrogen and oxygen atoms in total. The molecular weight excluding hydrogens is 362 g/mol. The van der Waals surface area contributed by atoms with Crippen LogP contribution in [-0.4, -0.2) is 28.2 Å². The third kappa shape index (κ3) is 4.14. The normalized spacial score (nSPS) is 13.7. The lowest BCUT2D eigenvalue weighted by molar-refractivity contribution is 0.0581. The van der Waals surface area contributed by atoms with Crippen molar-refractivity contribution in [2.24, 2.45) is 0 Å². The van der Waals surface area contributed by atoms with Gasteiger partial charge in [-0.25, -0.2) is 14.8 Å². The molecule has 1 amide bonds. The van der Waals surface area contributed by atoms with Gasteiger partial charge >= 0.3 is 6.09 Å². The summed E-state index contributed by atoms with van der Waals surface area (Å²) in [5.74, 6) is 0.427. The number of nitrogens with zero attached hydrogens (tertiary/aromatic N) is 3. The van der Waals surface area contributed by atoms with Gasteiger partial charge < -0.3 is 4.74 Å². The van der Waals surface area contributed by atoms with Crippen molar-refractivity contribution < 1.29 is 9.53 Å². The molecule has 2 heterocycles. The second-order valence-corrected chi connectivity index (χ2v) is 7.69. The Balaban J connectivity index is 1.86. The fourth-order valence-electron chi connectivity index (χ4n) is 3.04. The second kappa shape index (κ2) is 7.66. The summed E-state index contributed by atoms with van der Waals surface area (Å²) in [5.41, 5.74) is 3.16. The number of ether oxygens (including phenoxy) is 1. The van der Waals surface area contributed by atoms with Gasteiger partial charge in [0.1, 0.15) is 5.60 Å². The molecule has 3 aromatic rings. The largest absolute Gasteiger partial charge is 0.443 e. The molecule has 144 valence electrons. The minimum absolute atomic E-state index is 0.218. The van der Waals surface area contributed by atoms with E-state index >= 15 is 0 Å². The van der Waals surface area contributed by atoms with E-state index in [1.165, 1.54) is 4.90 Å². The number of fused-ring (bicyclic) bond motifs is 1. The number of hydrogen-bond donors (Lipinski definition) is 0. The van der Waals surface area contributed by atoms with Crippen LogP contribution in [0.5, 0.6) is 0 Å². The van der Waals surface area contributed by atoms with Crippen molar-refractivity contribution in [1.82, 2.24) is 9.97 Å². The predicted octanol–water partition coefficient (Wildman–Crippen LogP) is 5.08. The smallest absolute Gasteiger partial charge is 0.416 e. The Labute approximate surface area is 171 Å². The maximum atomic E-state index is 12.7. The maximum absolute atomic E-state index is 12.7. The average Bonchev–Trinajstić information content (AvgIpc) is 2.72. The van der Waals surface area contributed by atoms with Gasteiger partial charge in [-0.05, 0) is 20.8 Å². The zero-order valence-corrected chi connectivity index (χ0v) is 16.6. The molecule has 0 saturated carbocycles. The topological polar surface area (TPSA) is 55.3 Å². The van der Waals surface area contributed by atoms with Crippen LogP contribution >= 0.6 is 0 Å². The number of carbonyl (C=O) groups is 1. The van der Waals surface area contributed by atoms with Crippen LogP contribution in [0.3, 0.4) is 0 Å². The summed E-state index contributed by atoms with van der Waals surface area (Å²) in [4.78, 5) is 23.9. The van der Waals surface area contributed by atoms with Gasteiger partial charge in [-0.2, -0.15) is 0 Å². The number of aromatic nitrogens is 2. The Morgan fingerprint density at radius 1 is 0.931 bits per heavy atom. The Morgan fingerprint density at radius 3 is 2.03 bits per heavy atom. The van der Waals surface area contributed by atoms with Crippen molar-refractivity contribution in [2.45, 2.75) is 26.4 Å². The van der Waals surface area contributed by atoms with Gasteiger partial charge in [0.15, 0.2) is 5.82 Å². The van der Waals surface area contributed by atoms with Crippen molar-refractivity contribution in [3.8, 4) is 22.5 Å². The number of amides is 1. The first-order valence-electron chi connectivity index (χ1n) is 9.45. The van der Waals surface area contributed by atoms with E-state index < -0.39 is 11.7 Å². The van der Waals surface area contributed by atoms with Crippen LogP contribution in [-0.2, 0) is 4.74 Å². The van der Waals surface area contributed by atoms with Crippen molar-refractivity contribution >= 4 is 11.9 Å². The zero-order chi connectivity index (χ0) is 20.4. The van der Waals surface area contributed by atoms with Gasteiger partial charge in [0.25, 0.3) is 0 Å². The Bertz CT molecular complexity index is 1010. The summed E-state index contributed by atoms with van der Waals surface area (Å²) in [5, 5.41) is 0.